The number of nitrogens with zero attached hydrogens (tertiary/aromatic N) is 2. The first-order chi connectivity index (χ1) is 9.00. The molecule has 0 saturated carbocycles. The molecule has 2 rings (SSSR count). The van der Waals surface area contributed by atoms with Crippen molar-refractivity contribution in [2.45, 2.75) is 25.2 Å². The van der Waals surface area contributed by atoms with Crippen molar-refractivity contribution < 1.29 is 8.42 Å². The Morgan fingerprint density at radius 3 is 2.53 bits per heavy atom. The molecule has 102 valence electrons. The van der Waals surface area contributed by atoms with Crippen molar-refractivity contribution in [2.24, 2.45) is 0 Å². The lowest BCUT2D eigenvalue weighted by Crippen LogP contribution is -2.26. The highest BCUT2D eigenvalue weighted by molar-refractivity contribution is 7.89. The van der Waals surface area contributed by atoms with Gasteiger partial charge >= 0.3 is 0 Å². The van der Waals surface area contributed by atoms with Crippen LogP contribution in [0.4, 0.5) is 0 Å². The SMILES string of the molecule is Cc1n[nH]c(C)c1S(=O)(=O)NCCc1ccncc1. The molecule has 2 N–H and O–H groups in total. The van der Waals surface area contributed by atoms with E-state index in [1.165, 1.54) is 0 Å². The van der Waals surface area contributed by atoms with Gasteiger partial charge in [0.25, 0.3) is 0 Å². The molecule has 2 aromatic heterocycles. The first-order valence-electron chi connectivity index (χ1n) is 5.91. The zero-order valence-corrected chi connectivity index (χ0v) is 11.7. The van der Waals surface area contributed by atoms with Crippen LogP contribution in [0.5, 0.6) is 0 Å². The van der Waals surface area contributed by atoms with Crippen molar-refractivity contribution in [1.82, 2.24) is 19.9 Å². The normalized spacial score (nSPS) is 11.7. The van der Waals surface area contributed by atoms with E-state index < -0.39 is 10.0 Å². The Kier molecular flexibility index (Phi) is 3.96. The van der Waals surface area contributed by atoms with Gasteiger partial charge in [-0.25, -0.2) is 13.1 Å². The van der Waals surface area contributed by atoms with Gasteiger partial charge in [0.05, 0.1) is 11.4 Å². The quantitative estimate of drug-likeness (QED) is 0.853. The highest BCUT2D eigenvalue weighted by Crippen LogP contribution is 2.16. The second-order valence-corrected chi connectivity index (χ2v) is 5.97. The van der Waals surface area contributed by atoms with E-state index in [0.29, 0.717) is 24.4 Å². The fraction of sp³-hybridized carbons (Fsp3) is 0.333. The first kappa shape index (κ1) is 13.7. The van der Waals surface area contributed by atoms with E-state index in [4.69, 9.17) is 0 Å². The van der Waals surface area contributed by atoms with Gasteiger partial charge in [-0.3, -0.25) is 10.1 Å². The number of nitrogens with one attached hydrogen (secondary N) is 2. The number of sulfonamides is 1. The van der Waals surface area contributed by atoms with Gasteiger partial charge in [-0.05, 0) is 38.0 Å². The summed E-state index contributed by atoms with van der Waals surface area (Å²) >= 11 is 0. The van der Waals surface area contributed by atoms with E-state index in [0.717, 1.165) is 5.56 Å². The minimum absolute atomic E-state index is 0.238. The lowest BCUT2D eigenvalue weighted by molar-refractivity contribution is 0.580. The molecule has 0 spiro atoms. The molecule has 2 heterocycles. The third-order valence-electron chi connectivity index (χ3n) is 2.78. The maximum absolute atomic E-state index is 12.1. The molecule has 0 saturated heterocycles. The average Bonchev–Trinajstić information content (AvgIpc) is 2.70. The molecule has 7 heteroatoms. The van der Waals surface area contributed by atoms with Crippen molar-refractivity contribution >= 4 is 10.0 Å². The molecule has 0 aromatic carbocycles. The Bertz CT molecular complexity index is 630. The van der Waals surface area contributed by atoms with Gasteiger partial charge in [0.15, 0.2) is 0 Å². The highest BCUT2D eigenvalue weighted by atomic mass is 32.2. The lowest BCUT2D eigenvalue weighted by atomic mass is 10.2. The molecule has 0 aliphatic heterocycles. The molecule has 19 heavy (non-hydrogen) atoms. The minimum atomic E-state index is -3.51. The van der Waals surface area contributed by atoms with E-state index in [2.05, 4.69) is 19.9 Å². The zero-order chi connectivity index (χ0) is 13.9. The summed E-state index contributed by atoms with van der Waals surface area (Å²) in [4.78, 5) is 4.15. The van der Waals surface area contributed by atoms with Gasteiger partial charge < -0.3 is 0 Å². The number of aromatic nitrogens is 3. The van der Waals surface area contributed by atoms with E-state index in [-0.39, 0.29) is 4.90 Å². The maximum Gasteiger partial charge on any atom is 0.244 e. The van der Waals surface area contributed by atoms with Gasteiger partial charge in [0, 0.05) is 18.9 Å². The van der Waals surface area contributed by atoms with Crippen LogP contribution in [-0.4, -0.2) is 30.1 Å². The van der Waals surface area contributed by atoms with Gasteiger partial charge in [0.2, 0.25) is 10.0 Å². The molecule has 0 bridgehead atoms. The summed E-state index contributed by atoms with van der Waals surface area (Å²) in [6.45, 7) is 3.70. The minimum Gasteiger partial charge on any atom is -0.281 e. The van der Waals surface area contributed by atoms with Gasteiger partial charge in [0.1, 0.15) is 4.90 Å². The van der Waals surface area contributed by atoms with Gasteiger partial charge in [-0.2, -0.15) is 5.10 Å². The fourth-order valence-corrected chi connectivity index (χ4v) is 3.29. The molecule has 0 aliphatic rings. The average molecular weight is 280 g/mol. The second kappa shape index (κ2) is 5.50. The summed E-state index contributed by atoms with van der Waals surface area (Å²) in [5, 5.41) is 6.57. The van der Waals surface area contributed by atoms with E-state index in [9.17, 15) is 8.42 Å². The van der Waals surface area contributed by atoms with Crippen molar-refractivity contribution in [3.63, 3.8) is 0 Å². The third kappa shape index (κ3) is 3.18. The van der Waals surface area contributed by atoms with Crippen LogP contribution in [0.3, 0.4) is 0 Å². The van der Waals surface area contributed by atoms with Crippen LogP contribution in [0.15, 0.2) is 29.4 Å². The van der Waals surface area contributed by atoms with Crippen molar-refractivity contribution in [3.05, 3.63) is 41.5 Å². The number of hydrogen-bond donors (Lipinski definition) is 2. The van der Waals surface area contributed by atoms with Crippen molar-refractivity contribution in [2.75, 3.05) is 6.54 Å². The number of pyridine rings is 1. The Balaban J connectivity index is 2.03. The van der Waals surface area contributed by atoms with Gasteiger partial charge in [-0.15, -0.1) is 0 Å². The maximum atomic E-state index is 12.1. The summed E-state index contributed by atoms with van der Waals surface area (Å²) in [5.74, 6) is 0. The first-order valence-corrected chi connectivity index (χ1v) is 7.39. The number of rotatable bonds is 5. The summed E-state index contributed by atoms with van der Waals surface area (Å²) < 4.78 is 26.9. The number of aryl methyl sites for hydroxylation is 2. The standard InChI is InChI=1S/C12H16N4O2S/c1-9-12(10(2)16-15-9)19(17,18)14-8-5-11-3-6-13-7-4-11/h3-4,6-7,14H,5,8H2,1-2H3,(H,15,16). The largest absolute Gasteiger partial charge is 0.281 e. The molecule has 0 unspecified atom stereocenters. The zero-order valence-electron chi connectivity index (χ0n) is 10.8. The predicted molar refractivity (Wildman–Crippen MR) is 71.2 cm³/mol. The Labute approximate surface area is 112 Å². The molecule has 0 atom stereocenters. The Morgan fingerprint density at radius 2 is 1.95 bits per heavy atom. The highest BCUT2D eigenvalue weighted by Gasteiger charge is 2.21. The molecule has 6 nitrogen and oxygen atoms in total. The lowest BCUT2D eigenvalue weighted by Gasteiger charge is -2.06. The topological polar surface area (TPSA) is 87.7 Å². The summed E-state index contributed by atoms with van der Waals surface area (Å²) in [7, 11) is -3.51. The fourth-order valence-electron chi connectivity index (χ4n) is 1.89. The molecule has 0 aliphatic carbocycles. The van der Waals surface area contributed by atoms with Crippen LogP contribution >= 0.6 is 0 Å². The predicted octanol–water partition coefficient (Wildman–Crippen LogP) is 0.943. The van der Waals surface area contributed by atoms with E-state index in [1.807, 2.05) is 12.1 Å². The van der Waals surface area contributed by atoms with Crippen LogP contribution in [-0.2, 0) is 16.4 Å². The number of aromatic amines is 1. The Hall–Kier alpha value is -1.73. The van der Waals surface area contributed by atoms with Gasteiger partial charge in [-0.1, -0.05) is 0 Å². The van der Waals surface area contributed by atoms with E-state index >= 15 is 0 Å². The molecule has 0 radical (unpaired) electrons. The second-order valence-electron chi connectivity index (χ2n) is 4.27. The summed E-state index contributed by atoms with van der Waals surface area (Å²) in [6, 6.07) is 3.73. The molecule has 0 fully saturated rings. The van der Waals surface area contributed by atoms with Crippen LogP contribution in [0.1, 0.15) is 17.0 Å². The van der Waals surface area contributed by atoms with Crippen LogP contribution in [0.25, 0.3) is 0 Å². The molecular weight excluding hydrogens is 264 g/mol. The molecular formula is C12H16N4O2S. The third-order valence-corrected chi connectivity index (χ3v) is 4.51. The van der Waals surface area contributed by atoms with Crippen LogP contribution in [0, 0.1) is 13.8 Å². The van der Waals surface area contributed by atoms with Crippen molar-refractivity contribution in [3.8, 4) is 0 Å². The van der Waals surface area contributed by atoms with Crippen molar-refractivity contribution in [1.29, 1.82) is 0 Å². The Morgan fingerprint density at radius 1 is 1.26 bits per heavy atom. The monoisotopic (exact) mass is 280 g/mol. The van der Waals surface area contributed by atoms with Crippen LogP contribution < -0.4 is 4.72 Å². The van der Waals surface area contributed by atoms with E-state index in [1.54, 1.807) is 26.2 Å². The molecule has 2 aromatic rings. The summed E-state index contributed by atoms with van der Waals surface area (Å²) in [6.07, 6.45) is 4.00. The smallest absolute Gasteiger partial charge is 0.244 e. The van der Waals surface area contributed by atoms with Crippen LogP contribution in [0.2, 0.25) is 0 Å². The molecule has 0 amide bonds. The summed E-state index contributed by atoms with van der Waals surface area (Å²) in [5.41, 5.74) is 2.07. The number of H-pyrrole nitrogens is 1. The number of hydrogen-bond acceptors (Lipinski definition) is 4.